The fourth-order valence-electron chi connectivity index (χ4n) is 0.995. The van der Waals surface area contributed by atoms with E-state index in [1.165, 1.54) is 0 Å². The number of hydrogen-bond acceptors (Lipinski definition) is 3. The molecule has 0 bridgehead atoms. The Morgan fingerprint density at radius 2 is 1.87 bits per heavy atom. The first-order valence-electron chi connectivity index (χ1n) is 5.26. The van der Waals surface area contributed by atoms with Crippen molar-refractivity contribution in [2.45, 2.75) is 45.7 Å². The number of carboxylic acids is 1. The van der Waals surface area contributed by atoms with Crippen molar-refractivity contribution in [3.8, 4) is 0 Å². The Kier molecular flexibility index (Phi) is 6.70. The normalized spacial score (nSPS) is 14.3. The van der Waals surface area contributed by atoms with Crippen LogP contribution in [0, 0.1) is 0 Å². The fraction of sp³-hybridized carbons (Fsp3) is 0.800. The third kappa shape index (κ3) is 6.06. The second-order valence-corrected chi connectivity index (χ2v) is 3.56. The smallest absolute Gasteiger partial charge is 0.326 e. The van der Waals surface area contributed by atoms with E-state index in [-0.39, 0.29) is 18.5 Å². The van der Waals surface area contributed by atoms with Gasteiger partial charge in [0.05, 0.1) is 6.54 Å². The Balaban J connectivity index is 3.86. The lowest BCUT2D eigenvalue weighted by Gasteiger charge is -2.14. The van der Waals surface area contributed by atoms with E-state index in [9.17, 15) is 9.59 Å². The topological polar surface area (TPSA) is 78.4 Å². The van der Waals surface area contributed by atoms with E-state index < -0.39 is 12.0 Å². The predicted molar refractivity (Wildman–Crippen MR) is 57.6 cm³/mol. The molecular formula is C10H20N2O3. The van der Waals surface area contributed by atoms with Gasteiger partial charge in [-0.1, -0.05) is 13.8 Å². The number of amides is 1. The van der Waals surface area contributed by atoms with Crippen LogP contribution in [0.15, 0.2) is 0 Å². The number of aliphatic carboxylic acids is 1. The molecule has 88 valence electrons. The Labute approximate surface area is 90.2 Å². The summed E-state index contributed by atoms with van der Waals surface area (Å²) in [6, 6.07) is -0.517. The summed E-state index contributed by atoms with van der Waals surface area (Å²) < 4.78 is 0. The van der Waals surface area contributed by atoms with Crippen LogP contribution in [-0.2, 0) is 9.59 Å². The third-order valence-corrected chi connectivity index (χ3v) is 2.27. The molecule has 1 amide bonds. The number of rotatable bonds is 7. The summed E-state index contributed by atoms with van der Waals surface area (Å²) in [5.74, 6) is -1.26. The average Bonchev–Trinajstić information content (AvgIpc) is 2.21. The van der Waals surface area contributed by atoms with Crippen molar-refractivity contribution >= 4 is 11.9 Å². The maximum absolute atomic E-state index is 11.3. The molecule has 0 aromatic carbocycles. The Bertz CT molecular complexity index is 219. The van der Waals surface area contributed by atoms with Gasteiger partial charge in [0, 0.05) is 6.04 Å². The molecular weight excluding hydrogens is 196 g/mol. The summed E-state index contributed by atoms with van der Waals surface area (Å²) in [6.45, 7) is 5.88. The van der Waals surface area contributed by atoms with Gasteiger partial charge < -0.3 is 15.7 Å². The summed E-state index contributed by atoms with van der Waals surface area (Å²) >= 11 is 0. The van der Waals surface area contributed by atoms with Gasteiger partial charge in [0.15, 0.2) is 0 Å². The second-order valence-electron chi connectivity index (χ2n) is 3.56. The first-order valence-corrected chi connectivity index (χ1v) is 5.26. The molecule has 0 rings (SSSR count). The molecule has 15 heavy (non-hydrogen) atoms. The second kappa shape index (κ2) is 7.23. The lowest BCUT2D eigenvalue weighted by molar-refractivity contribution is -0.141. The Hall–Kier alpha value is -1.10. The van der Waals surface area contributed by atoms with Crippen molar-refractivity contribution in [3.05, 3.63) is 0 Å². The summed E-state index contributed by atoms with van der Waals surface area (Å²) in [5.41, 5.74) is 0. The number of carbonyl (C=O) groups excluding carboxylic acids is 1. The molecule has 1 unspecified atom stereocenters. The first kappa shape index (κ1) is 13.9. The number of nitrogens with one attached hydrogen (secondary N) is 2. The highest BCUT2D eigenvalue weighted by Gasteiger charge is 2.17. The van der Waals surface area contributed by atoms with E-state index in [2.05, 4.69) is 10.6 Å². The highest BCUT2D eigenvalue weighted by molar-refractivity contribution is 5.84. The standard InChI is InChI=1S/C10H20N2O3/c1-4-7(3)11-6-9(13)12-8(5-2)10(14)15/h7-8,11H,4-6H2,1-3H3,(H,12,13)(H,14,15)/t7?,8-/m0/s1. The van der Waals surface area contributed by atoms with Crippen LogP contribution < -0.4 is 10.6 Å². The van der Waals surface area contributed by atoms with Crippen molar-refractivity contribution in [3.63, 3.8) is 0 Å². The molecule has 0 saturated heterocycles. The predicted octanol–water partition coefficient (Wildman–Crippen LogP) is 0.354. The van der Waals surface area contributed by atoms with E-state index in [1.54, 1.807) is 6.92 Å². The molecule has 0 heterocycles. The molecule has 2 atom stereocenters. The summed E-state index contributed by atoms with van der Waals surface area (Å²) in [6.07, 6.45) is 1.33. The van der Waals surface area contributed by atoms with Crippen molar-refractivity contribution < 1.29 is 14.7 Å². The lowest BCUT2D eigenvalue weighted by Crippen LogP contribution is -2.45. The van der Waals surface area contributed by atoms with E-state index in [0.29, 0.717) is 6.42 Å². The van der Waals surface area contributed by atoms with Crippen LogP contribution in [0.5, 0.6) is 0 Å². The Morgan fingerprint density at radius 1 is 1.27 bits per heavy atom. The molecule has 0 aromatic rings. The molecule has 5 heteroatoms. The van der Waals surface area contributed by atoms with E-state index in [4.69, 9.17) is 5.11 Å². The molecule has 0 spiro atoms. The van der Waals surface area contributed by atoms with Crippen molar-refractivity contribution in [1.82, 2.24) is 10.6 Å². The molecule has 0 fully saturated rings. The van der Waals surface area contributed by atoms with Crippen LogP contribution in [0.4, 0.5) is 0 Å². The van der Waals surface area contributed by atoms with Gasteiger partial charge in [-0.3, -0.25) is 4.79 Å². The van der Waals surface area contributed by atoms with E-state index >= 15 is 0 Å². The summed E-state index contributed by atoms with van der Waals surface area (Å²) in [7, 11) is 0. The van der Waals surface area contributed by atoms with Crippen molar-refractivity contribution in [1.29, 1.82) is 0 Å². The third-order valence-electron chi connectivity index (χ3n) is 2.27. The Morgan fingerprint density at radius 3 is 2.27 bits per heavy atom. The lowest BCUT2D eigenvalue weighted by atomic mass is 10.2. The van der Waals surface area contributed by atoms with Crippen LogP contribution in [0.3, 0.4) is 0 Å². The molecule has 3 N–H and O–H groups in total. The quantitative estimate of drug-likeness (QED) is 0.574. The minimum atomic E-state index is -0.991. The highest BCUT2D eigenvalue weighted by atomic mass is 16.4. The van der Waals surface area contributed by atoms with Gasteiger partial charge in [-0.25, -0.2) is 4.79 Å². The molecule has 0 aliphatic carbocycles. The van der Waals surface area contributed by atoms with Crippen LogP contribution in [0.2, 0.25) is 0 Å². The zero-order valence-corrected chi connectivity index (χ0v) is 9.54. The van der Waals surface area contributed by atoms with E-state index in [1.807, 2.05) is 13.8 Å². The maximum Gasteiger partial charge on any atom is 0.326 e. The molecule has 5 nitrogen and oxygen atoms in total. The van der Waals surface area contributed by atoms with Crippen LogP contribution in [0.25, 0.3) is 0 Å². The summed E-state index contributed by atoms with van der Waals surface area (Å²) in [4.78, 5) is 21.9. The SMILES string of the molecule is CCC(C)NCC(=O)N[C@@H](CC)C(=O)O. The van der Waals surface area contributed by atoms with Gasteiger partial charge >= 0.3 is 5.97 Å². The van der Waals surface area contributed by atoms with Gasteiger partial charge in [-0.2, -0.15) is 0 Å². The minimum absolute atomic E-state index is 0.165. The van der Waals surface area contributed by atoms with Gasteiger partial charge in [0.25, 0.3) is 0 Å². The van der Waals surface area contributed by atoms with Crippen LogP contribution >= 0.6 is 0 Å². The number of hydrogen-bond donors (Lipinski definition) is 3. The van der Waals surface area contributed by atoms with Crippen LogP contribution in [0.1, 0.15) is 33.6 Å². The fourth-order valence-corrected chi connectivity index (χ4v) is 0.995. The largest absolute Gasteiger partial charge is 0.480 e. The zero-order valence-electron chi connectivity index (χ0n) is 9.54. The average molecular weight is 216 g/mol. The van der Waals surface area contributed by atoms with Crippen molar-refractivity contribution in [2.75, 3.05) is 6.54 Å². The molecule has 0 aliphatic rings. The first-order chi connectivity index (χ1) is 7.01. The maximum atomic E-state index is 11.3. The van der Waals surface area contributed by atoms with Crippen molar-refractivity contribution in [2.24, 2.45) is 0 Å². The van der Waals surface area contributed by atoms with Gasteiger partial charge in [-0.05, 0) is 19.8 Å². The number of carbonyl (C=O) groups is 2. The monoisotopic (exact) mass is 216 g/mol. The van der Waals surface area contributed by atoms with Gasteiger partial charge in [0.1, 0.15) is 6.04 Å². The highest BCUT2D eigenvalue weighted by Crippen LogP contribution is 1.91. The minimum Gasteiger partial charge on any atom is -0.480 e. The summed E-state index contributed by atoms with van der Waals surface area (Å²) in [5, 5.41) is 14.2. The molecule has 0 aliphatic heterocycles. The van der Waals surface area contributed by atoms with Gasteiger partial charge in [-0.15, -0.1) is 0 Å². The van der Waals surface area contributed by atoms with Crippen LogP contribution in [-0.4, -0.2) is 35.6 Å². The molecule has 0 saturated carbocycles. The van der Waals surface area contributed by atoms with E-state index in [0.717, 1.165) is 6.42 Å². The zero-order chi connectivity index (χ0) is 11.8. The van der Waals surface area contributed by atoms with Gasteiger partial charge in [0.2, 0.25) is 5.91 Å². The molecule has 0 radical (unpaired) electrons. The molecule has 0 aromatic heterocycles. The number of carboxylic acid groups (broad SMARTS) is 1.